The molecule has 2 rings (SSSR count). The Morgan fingerprint density at radius 2 is 2.33 bits per heavy atom. The smallest absolute Gasteiger partial charge is 0.355 e. The number of aryl methyl sites for hydroxylation is 1. The largest absolute Gasteiger partial charge is 0.476 e. The van der Waals surface area contributed by atoms with Crippen molar-refractivity contribution in [3.05, 3.63) is 27.9 Å². The minimum absolute atomic E-state index is 0.0195. The van der Waals surface area contributed by atoms with Crippen molar-refractivity contribution in [1.29, 1.82) is 0 Å². The zero-order chi connectivity index (χ0) is 15.2. The van der Waals surface area contributed by atoms with Gasteiger partial charge in [0.05, 0.1) is 5.01 Å². The maximum atomic E-state index is 11.5. The number of ether oxygens (including phenoxy) is 1. The molecule has 0 atom stereocenters. The van der Waals surface area contributed by atoms with Gasteiger partial charge < -0.3 is 19.7 Å². The van der Waals surface area contributed by atoms with Crippen molar-refractivity contribution in [2.75, 3.05) is 13.2 Å². The van der Waals surface area contributed by atoms with E-state index in [4.69, 9.17) is 14.4 Å². The maximum Gasteiger partial charge on any atom is 0.355 e. The molecule has 0 radical (unpaired) electrons. The summed E-state index contributed by atoms with van der Waals surface area (Å²) in [5.74, 6) is -0.499. The molecule has 2 aromatic heterocycles. The van der Waals surface area contributed by atoms with E-state index in [0.29, 0.717) is 23.7 Å². The van der Waals surface area contributed by atoms with Gasteiger partial charge in [0.2, 0.25) is 0 Å². The molecule has 0 aliphatic heterocycles. The van der Waals surface area contributed by atoms with Crippen LogP contribution in [0.15, 0.2) is 16.0 Å². The summed E-state index contributed by atoms with van der Waals surface area (Å²) in [5.41, 5.74) is 0.0195. The van der Waals surface area contributed by atoms with Crippen LogP contribution in [-0.2, 0) is 11.2 Å². The predicted molar refractivity (Wildman–Crippen MR) is 72.5 cm³/mol. The van der Waals surface area contributed by atoms with E-state index in [1.54, 1.807) is 13.0 Å². The first-order valence-electron chi connectivity index (χ1n) is 6.05. The third kappa shape index (κ3) is 4.56. The molecule has 2 N–H and O–H groups in total. The van der Waals surface area contributed by atoms with Crippen LogP contribution in [0.2, 0.25) is 0 Å². The highest BCUT2D eigenvalue weighted by molar-refractivity contribution is 7.09. The fraction of sp³-hybridized carbons (Fsp3) is 0.333. The van der Waals surface area contributed by atoms with Gasteiger partial charge >= 0.3 is 5.97 Å². The molecule has 0 bridgehead atoms. The van der Waals surface area contributed by atoms with E-state index in [0.717, 1.165) is 0 Å². The average molecular weight is 311 g/mol. The fourth-order valence-corrected chi connectivity index (χ4v) is 2.21. The van der Waals surface area contributed by atoms with E-state index in [2.05, 4.69) is 15.5 Å². The number of rotatable bonds is 7. The molecule has 0 saturated carbocycles. The van der Waals surface area contributed by atoms with Gasteiger partial charge in [-0.3, -0.25) is 4.79 Å². The highest BCUT2D eigenvalue weighted by Crippen LogP contribution is 2.10. The number of carbonyl (C=O) groups excluding carboxylic acids is 1. The summed E-state index contributed by atoms with van der Waals surface area (Å²) < 4.78 is 9.92. The van der Waals surface area contributed by atoms with Crippen molar-refractivity contribution in [3.8, 4) is 5.88 Å². The third-order valence-electron chi connectivity index (χ3n) is 2.39. The third-order valence-corrected chi connectivity index (χ3v) is 3.30. The first-order valence-corrected chi connectivity index (χ1v) is 6.93. The minimum atomic E-state index is -1.06. The van der Waals surface area contributed by atoms with Crippen molar-refractivity contribution < 1.29 is 24.0 Å². The molecular weight excluding hydrogens is 298 g/mol. The van der Waals surface area contributed by atoms with Crippen molar-refractivity contribution >= 4 is 23.2 Å². The van der Waals surface area contributed by atoms with Crippen LogP contribution in [0.4, 0.5) is 0 Å². The summed E-state index contributed by atoms with van der Waals surface area (Å²) in [5, 5.41) is 17.1. The Kier molecular flexibility index (Phi) is 4.88. The molecule has 1 amide bonds. The van der Waals surface area contributed by atoms with Gasteiger partial charge in [0.15, 0.2) is 12.3 Å². The Balaban J connectivity index is 1.67. The minimum Gasteiger partial charge on any atom is -0.476 e. The van der Waals surface area contributed by atoms with Crippen molar-refractivity contribution in [3.63, 3.8) is 0 Å². The van der Waals surface area contributed by atoms with Crippen molar-refractivity contribution in [1.82, 2.24) is 15.5 Å². The number of hydrogen-bond acceptors (Lipinski definition) is 7. The van der Waals surface area contributed by atoms with Crippen LogP contribution in [0.5, 0.6) is 5.88 Å². The van der Waals surface area contributed by atoms with Crippen LogP contribution in [0.1, 0.15) is 21.3 Å². The zero-order valence-corrected chi connectivity index (χ0v) is 12.0. The summed E-state index contributed by atoms with van der Waals surface area (Å²) in [6, 6.07) is 1.58. The topological polar surface area (TPSA) is 115 Å². The van der Waals surface area contributed by atoms with Gasteiger partial charge in [-0.25, -0.2) is 9.78 Å². The van der Waals surface area contributed by atoms with E-state index in [1.807, 2.05) is 0 Å². The standard InChI is InChI=1S/C12H13N3O5S/c1-7-4-10(15-20-7)19-5-9(16)13-3-2-11-14-8(6-21-11)12(17)18/h4,6H,2-3,5H2,1H3,(H,13,16)(H,17,18). The molecule has 0 spiro atoms. The molecule has 0 unspecified atom stereocenters. The Bertz CT molecular complexity index is 636. The average Bonchev–Trinajstić information content (AvgIpc) is 3.05. The Hall–Kier alpha value is -2.42. The Labute approximate surface area is 123 Å². The van der Waals surface area contributed by atoms with Crippen LogP contribution in [0, 0.1) is 6.92 Å². The van der Waals surface area contributed by atoms with E-state index >= 15 is 0 Å². The van der Waals surface area contributed by atoms with E-state index in [-0.39, 0.29) is 24.1 Å². The van der Waals surface area contributed by atoms with Gasteiger partial charge in [-0.15, -0.1) is 11.3 Å². The Morgan fingerprint density at radius 1 is 1.52 bits per heavy atom. The van der Waals surface area contributed by atoms with E-state index in [9.17, 15) is 9.59 Å². The van der Waals surface area contributed by atoms with Gasteiger partial charge in [-0.2, -0.15) is 0 Å². The quantitative estimate of drug-likeness (QED) is 0.779. The molecule has 0 aromatic carbocycles. The zero-order valence-electron chi connectivity index (χ0n) is 11.2. The molecule has 2 aromatic rings. The number of nitrogens with zero attached hydrogens (tertiary/aromatic N) is 2. The molecule has 2 heterocycles. The van der Waals surface area contributed by atoms with Crippen LogP contribution in [0.3, 0.4) is 0 Å². The lowest BCUT2D eigenvalue weighted by Gasteiger charge is -2.03. The number of amides is 1. The fourth-order valence-electron chi connectivity index (χ4n) is 1.43. The van der Waals surface area contributed by atoms with Crippen LogP contribution < -0.4 is 10.1 Å². The van der Waals surface area contributed by atoms with Gasteiger partial charge in [0, 0.05) is 24.4 Å². The van der Waals surface area contributed by atoms with Crippen LogP contribution >= 0.6 is 11.3 Å². The molecule has 0 aliphatic rings. The van der Waals surface area contributed by atoms with E-state index < -0.39 is 5.97 Å². The number of nitrogens with one attached hydrogen (secondary N) is 1. The van der Waals surface area contributed by atoms with Crippen LogP contribution in [0.25, 0.3) is 0 Å². The number of carboxylic acids is 1. The number of aromatic carboxylic acids is 1. The number of thiazole rings is 1. The number of aromatic nitrogens is 2. The first-order chi connectivity index (χ1) is 10.0. The number of carboxylic acid groups (broad SMARTS) is 1. The summed E-state index contributed by atoms with van der Waals surface area (Å²) >= 11 is 1.25. The monoisotopic (exact) mass is 311 g/mol. The first kappa shape index (κ1) is 15.0. The van der Waals surface area contributed by atoms with Gasteiger partial charge in [-0.1, -0.05) is 0 Å². The molecule has 0 aliphatic carbocycles. The molecule has 9 heteroatoms. The summed E-state index contributed by atoms with van der Waals surface area (Å²) in [7, 11) is 0. The molecule has 112 valence electrons. The SMILES string of the molecule is Cc1cc(OCC(=O)NCCc2nc(C(=O)O)cs2)no1. The highest BCUT2D eigenvalue weighted by Gasteiger charge is 2.09. The lowest BCUT2D eigenvalue weighted by Crippen LogP contribution is -2.30. The second-order valence-electron chi connectivity index (χ2n) is 4.10. The lowest BCUT2D eigenvalue weighted by atomic mass is 10.4. The normalized spacial score (nSPS) is 10.3. The molecule has 0 fully saturated rings. The Morgan fingerprint density at radius 3 is 2.95 bits per heavy atom. The molecule has 21 heavy (non-hydrogen) atoms. The van der Waals surface area contributed by atoms with Gasteiger partial charge in [-0.05, 0) is 12.1 Å². The van der Waals surface area contributed by atoms with Crippen molar-refractivity contribution in [2.24, 2.45) is 0 Å². The van der Waals surface area contributed by atoms with E-state index in [1.165, 1.54) is 16.7 Å². The summed E-state index contributed by atoms with van der Waals surface area (Å²) in [6.45, 7) is 1.91. The van der Waals surface area contributed by atoms with Crippen molar-refractivity contribution in [2.45, 2.75) is 13.3 Å². The number of carbonyl (C=O) groups is 2. The predicted octanol–water partition coefficient (Wildman–Crippen LogP) is 0.875. The second-order valence-corrected chi connectivity index (χ2v) is 5.04. The second kappa shape index (κ2) is 6.84. The number of hydrogen-bond donors (Lipinski definition) is 2. The highest BCUT2D eigenvalue weighted by atomic mass is 32.1. The maximum absolute atomic E-state index is 11.5. The summed E-state index contributed by atoms with van der Waals surface area (Å²) in [6.07, 6.45) is 0.465. The van der Waals surface area contributed by atoms with Crippen LogP contribution in [-0.4, -0.2) is 40.3 Å². The molecule has 0 saturated heterocycles. The molecule has 8 nitrogen and oxygen atoms in total. The van der Waals surface area contributed by atoms with Gasteiger partial charge in [0.25, 0.3) is 11.8 Å². The molecular formula is C12H13N3O5S. The lowest BCUT2D eigenvalue weighted by molar-refractivity contribution is -0.123. The van der Waals surface area contributed by atoms with Gasteiger partial charge in [0.1, 0.15) is 5.76 Å². The summed E-state index contributed by atoms with van der Waals surface area (Å²) in [4.78, 5) is 26.1.